The number of likely N-dealkylation sites (tertiary alicyclic amines) is 1. The number of halogens is 1. The van der Waals surface area contributed by atoms with Crippen LogP contribution < -0.4 is 5.32 Å². The van der Waals surface area contributed by atoms with Gasteiger partial charge in [0.2, 0.25) is 0 Å². The third-order valence-corrected chi connectivity index (χ3v) is 5.78. The molecule has 0 bridgehead atoms. The second kappa shape index (κ2) is 15.4. The molecular weight excluding hydrogens is 394 g/mol. The van der Waals surface area contributed by atoms with Gasteiger partial charge in [-0.15, -0.1) is 0 Å². The van der Waals surface area contributed by atoms with Crippen molar-refractivity contribution in [2.45, 2.75) is 84.6 Å². The Morgan fingerprint density at radius 2 is 1.90 bits per heavy atom. The van der Waals surface area contributed by atoms with Crippen molar-refractivity contribution in [3.05, 3.63) is 35.1 Å². The van der Waals surface area contributed by atoms with Crippen LogP contribution in [0.4, 0.5) is 4.39 Å². The van der Waals surface area contributed by atoms with Crippen LogP contribution in [0.1, 0.15) is 77.0 Å². The first kappa shape index (κ1) is 27.6. The van der Waals surface area contributed by atoms with Gasteiger partial charge in [0, 0.05) is 6.04 Å². The molecule has 5 nitrogen and oxygen atoms in total. The molecular formula is C24H41BFN2O3. The number of carboxylic acids is 1. The molecule has 1 aromatic rings. The van der Waals surface area contributed by atoms with Crippen LogP contribution in [0.15, 0.2) is 18.2 Å². The van der Waals surface area contributed by atoms with E-state index in [1.807, 2.05) is 19.9 Å². The number of carboxylic acid groups (broad SMARTS) is 1. The zero-order valence-corrected chi connectivity index (χ0v) is 19.7. The minimum absolute atomic E-state index is 0.107. The molecule has 2 aliphatic rings. The van der Waals surface area contributed by atoms with Crippen molar-refractivity contribution in [1.82, 2.24) is 10.2 Å². The third kappa shape index (κ3) is 8.55. The van der Waals surface area contributed by atoms with Gasteiger partial charge in [0.15, 0.2) is 0 Å². The maximum Gasteiger partial charge on any atom is 0.320 e. The van der Waals surface area contributed by atoms with Gasteiger partial charge in [-0.3, -0.25) is 9.69 Å². The number of rotatable bonds is 8. The van der Waals surface area contributed by atoms with E-state index in [1.54, 1.807) is 6.07 Å². The average molecular weight is 435 g/mol. The van der Waals surface area contributed by atoms with Crippen LogP contribution in [-0.2, 0) is 11.2 Å². The molecule has 2 unspecified atom stereocenters. The minimum atomic E-state index is -0.801. The number of nitrogens with one attached hydrogen (secondary N) is 1. The molecule has 0 saturated carbocycles. The second-order valence-corrected chi connectivity index (χ2v) is 8.07. The summed E-state index contributed by atoms with van der Waals surface area (Å²) in [6.07, 6.45) is 6.20. The first-order valence-electron chi connectivity index (χ1n) is 12.0. The summed E-state index contributed by atoms with van der Waals surface area (Å²) in [5.41, 5.74) is 2.35. The van der Waals surface area contributed by atoms with Crippen molar-refractivity contribution in [2.24, 2.45) is 5.92 Å². The molecule has 1 heterocycles. The summed E-state index contributed by atoms with van der Waals surface area (Å²) in [4.78, 5) is 14.0. The molecule has 1 radical (unpaired) electrons. The Bertz CT molecular complexity index is 639. The summed E-state index contributed by atoms with van der Waals surface area (Å²) >= 11 is 0. The molecule has 0 amide bonds. The topological polar surface area (TPSA) is 72.8 Å². The standard InChI is InChI=1S/C19H27BFN2O3.C3H8.C2H6/c21-15-4-2-13-3-5-17(16(13)12-15)23-10-6-14(7-11-23)18(19(24)25)22-9-1-8-20-26;1-3-2;1-2/h2,4,12,14,17-18,22,26H,1,3,5-11H2,(H,24,25);3H2,1-2H3;1-2H3. The van der Waals surface area contributed by atoms with Crippen molar-refractivity contribution >= 4 is 13.5 Å². The Balaban J connectivity index is 0.000000884. The number of hydrogen-bond donors (Lipinski definition) is 3. The van der Waals surface area contributed by atoms with Crippen LogP contribution in [-0.4, -0.2) is 54.2 Å². The highest BCUT2D eigenvalue weighted by Gasteiger charge is 2.35. The SMILES string of the molecule is CC.CCC.O=C(O)C(NCCC[B]O)C1CCN(C2CCc3ccc(F)cc32)CC1. The van der Waals surface area contributed by atoms with E-state index >= 15 is 0 Å². The lowest BCUT2D eigenvalue weighted by atomic mass is 9.87. The normalized spacial score (nSPS) is 19.4. The molecule has 1 aliphatic carbocycles. The molecule has 0 spiro atoms. The van der Waals surface area contributed by atoms with E-state index in [-0.39, 0.29) is 17.8 Å². The molecule has 1 aromatic carbocycles. The van der Waals surface area contributed by atoms with Crippen LogP contribution in [0.2, 0.25) is 6.32 Å². The Kier molecular flexibility index (Phi) is 13.7. The molecule has 175 valence electrons. The fourth-order valence-corrected chi connectivity index (χ4v) is 4.40. The fraction of sp³-hybridized carbons (Fsp3) is 0.708. The number of piperidine rings is 1. The quantitative estimate of drug-likeness (QED) is 0.416. The highest BCUT2D eigenvalue weighted by Crippen LogP contribution is 2.38. The number of fused-ring (bicyclic) bond motifs is 1. The fourth-order valence-electron chi connectivity index (χ4n) is 4.40. The molecule has 31 heavy (non-hydrogen) atoms. The first-order valence-corrected chi connectivity index (χ1v) is 12.0. The maximum absolute atomic E-state index is 13.6. The molecule has 3 N–H and O–H groups in total. The van der Waals surface area contributed by atoms with Gasteiger partial charge in [0.25, 0.3) is 7.48 Å². The van der Waals surface area contributed by atoms with Crippen LogP contribution in [0.3, 0.4) is 0 Å². The highest BCUT2D eigenvalue weighted by atomic mass is 19.1. The average Bonchev–Trinajstić information content (AvgIpc) is 3.19. The van der Waals surface area contributed by atoms with E-state index < -0.39 is 12.0 Å². The van der Waals surface area contributed by atoms with Gasteiger partial charge < -0.3 is 15.4 Å². The van der Waals surface area contributed by atoms with Crippen LogP contribution in [0.25, 0.3) is 0 Å². The summed E-state index contributed by atoms with van der Waals surface area (Å²) in [5.74, 6) is -0.874. The molecule has 1 saturated heterocycles. The van der Waals surface area contributed by atoms with Gasteiger partial charge in [-0.2, -0.15) is 0 Å². The van der Waals surface area contributed by atoms with E-state index in [1.165, 1.54) is 18.1 Å². The Labute approximate surface area is 188 Å². The Hall–Kier alpha value is -1.44. The van der Waals surface area contributed by atoms with Crippen LogP contribution in [0.5, 0.6) is 0 Å². The summed E-state index contributed by atoms with van der Waals surface area (Å²) in [6.45, 7) is 10.5. The Morgan fingerprint density at radius 1 is 1.26 bits per heavy atom. The van der Waals surface area contributed by atoms with Gasteiger partial charge in [0.1, 0.15) is 11.9 Å². The number of benzene rings is 1. The van der Waals surface area contributed by atoms with E-state index in [4.69, 9.17) is 5.02 Å². The number of aryl methyl sites for hydroxylation is 1. The smallest absolute Gasteiger partial charge is 0.320 e. The summed E-state index contributed by atoms with van der Waals surface area (Å²) < 4.78 is 13.6. The lowest BCUT2D eigenvalue weighted by molar-refractivity contribution is -0.141. The molecule has 2 atom stereocenters. The van der Waals surface area contributed by atoms with Crippen LogP contribution in [0, 0.1) is 11.7 Å². The molecule has 3 rings (SSSR count). The zero-order chi connectivity index (χ0) is 23.2. The predicted molar refractivity (Wildman–Crippen MR) is 126 cm³/mol. The second-order valence-electron chi connectivity index (χ2n) is 8.07. The van der Waals surface area contributed by atoms with Crippen molar-refractivity contribution in [3.63, 3.8) is 0 Å². The van der Waals surface area contributed by atoms with Gasteiger partial charge in [0.05, 0.1) is 0 Å². The van der Waals surface area contributed by atoms with E-state index in [2.05, 4.69) is 24.1 Å². The van der Waals surface area contributed by atoms with Crippen molar-refractivity contribution in [1.29, 1.82) is 0 Å². The zero-order valence-electron chi connectivity index (χ0n) is 19.7. The van der Waals surface area contributed by atoms with Crippen LogP contribution >= 0.6 is 0 Å². The largest absolute Gasteiger partial charge is 0.480 e. The van der Waals surface area contributed by atoms with E-state index in [0.717, 1.165) is 58.2 Å². The van der Waals surface area contributed by atoms with Crippen molar-refractivity contribution in [3.8, 4) is 0 Å². The third-order valence-electron chi connectivity index (χ3n) is 5.78. The number of carbonyl (C=O) groups is 1. The molecule has 0 aromatic heterocycles. The minimum Gasteiger partial charge on any atom is -0.480 e. The number of hydrogen-bond acceptors (Lipinski definition) is 4. The summed E-state index contributed by atoms with van der Waals surface area (Å²) in [5, 5.41) is 21.4. The summed E-state index contributed by atoms with van der Waals surface area (Å²) in [6, 6.07) is 4.82. The van der Waals surface area contributed by atoms with Gasteiger partial charge >= 0.3 is 5.97 Å². The van der Waals surface area contributed by atoms with Crippen molar-refractivity contribution in [2.75, 3.05) is 19.6 Å². The molecule has 7 heteroatoms. The van der Waals surface area contributed by atoms with E-state index in [9.17, 15) is 14.3 Å². The maximum atomic E-state index is 13.6. The Morgan fingerprint density at radius 3 is 2.48 bits per heavy atom. The monoisotopic (exact) mass is 435 g/mol. The molecule has 1 aliphatic heterocycles. The van der Waals surface area contributed by atoms with E-state index in [0.29, 0.717) is 12.9 Å². The first-order chi connectivity index (χ1) is 15.0. The number of nitrogens with zero attached hydrogens (tertiary/aromatic N) is 1. The van der Waals surface area contributed by atoms with Gasteiger partial charge in [-0.1, -0.05) is 46.5 Å². The lowest BCUT2D eigenvalue weighted by Gasteiger charge is -2.38. The molecule has 1 fully saturated rings. The predicted octanol–water partition coefficient (Wildman–Crippen LogP) is 4.43. The lowest BCUT2D eigenvalue weighted by Crippen LogP contribution is -2.48. The highest BCUT2D eigenvalue weighted by molar-refractivity contribution is 6.25. The van der Waals surface area contributed by atoms with Crippen molar-refractivity contribution < 1.29 is 19.3 Å². The van der Waals surface area contributed by atoms with Gasteiger partial charge in [-0.05, 0) is 80.9 Å². The van der Waals surface area contributed by atoms with Gasteiger partial charge in [-0.25, -0.2) is 4.39 Å². The summed E-state index contributed by atoms with van der Waals surface area (Å²) in [7, 11) is 1.11. The number of aliphatic carboxylic acids is 1.